The summed E-state index contributed by atoms with van der Waals surface area (Å²) in [6, 6.07) is 13.4. The van der Waals surface area contributed by atoms with Crippen molar-refractivity contribution in [1.82, 2.24) is 5.32 Å². The maximum atomic E-state index is 12.7. The zero-order valence-electron chi connectivity index (χ0n) is 15.2. The molecule has 5 nitrogen and oxygen atoms in total. The highest BCUT2D eigenvalue weighted by Gasteiger charge is 2.31. The van der Waals surface area contributed by atoms with Gasteiger partial charge in [0, 0.05) is 6.54 Å². The van der Waals surface area contributed by atoms with Gasteiger partial charge in [-0.2, -0.15) is 0 Å². The molecule has 0 saturated carbocycles. The van der Waals surface area contributed by atoms with Gasteiger partial charge < -0.3 is 5.32 Å². The van der Waals surface area contributed by atoms with E-state index in [1.807, 2.05) is 30.3 Å². The second kappa shape index (κ2) is 9.44. The second-order valence-corrected chi connectivity index (χ2v) is 8.78. The molecule has 0 aliphatic rings. The van der Waals surface area contributed by atoms with E-state index in [4.69, 9.17) is 23.2 Å². The largest absolute Gasteiger partial charge is 0.354 e. The number of rotatable bonds is 8. The molecule has 2 rings (SSSR count). The van der Waals surface area contributed by atoms with E-state index in [0.29, 0.717) is 30.1 Å². The highest BCUT2D eigenvalue weighted by Crippen LogP contribution is 2.30. The summed E-state index contributed by atoms with van der Waals surface area (Å²) in [5.74, 6) is -0.357. The highest BCUT2D eigenvalue weighted by atomic mass is 35.5. The Kier molecular flexibility index (Phi) is 7.53. The zero-order valence-corrected chi connectivity index (χ0v) is 17.5. The van der Waals surface area contributed by atoms with Crippen molar-refractivity contribution >= 4 is 44.8 Å². The molecule has 146 valence electrons. The van der Waals surface area contributed by atoms with Gasteiger partial charge in [0.05, 0.1) is 22.0 Å². The van der Waals surface area contributed by atoms with Crippen LogP contribution in [-0.2, 0) is 21.2 Å². The van der Waals surface area contributed by atoms with Gasteiger partial charge in [0.2, 0.25) is 15.9 Å². The normalized spacial score (nSPS) is 12.4. The molecule has 0 aliphatic heterocycles. The summed E-state index contributed by atoms with van der Waals surface area (Å²) in [4.78, 5) is 12.7. The van der Waals surface area contributed by atoms with Crippen molar-refractivity contribution < 1.29 is 13.2 Å². The van der Waals surface area contributed by atoms with Crippen molar-refractivity contribution in [2.75, 3.05) is 17.1 Å². The third-order valence-electron chi connectivity index (χ3n) is 4.04. The minimum atomic E-state index is -3.71. The van der Waals surface area contributed by atoms with Crippen molar-refractivity contribution in [3.63, 3.8) is 0 Å². The van der Waals surface area contributed by atoms with Gasteiger partial charge in [-0.3, -0.25) is 9.10 Å². The van der Waals surface area contributed by atoms with Gasteiger partial charge in [0.25, 0.3) is 0 Å². The van der Waals surface area contributed by atoms with Crippen molar-refractivity contribution in [2.45, 2.75) is 25.8 Å². The van der Waals surface area contributed by atoms with Crippen LogP contribution < -0.4 is 9.62 Å². The van der Waals surface area contributed by atoms with Crippen molar-refractivity contribution in [2.24, 2.45) is 0 Å². The lowest BCUT2D eigenvalue weighted by Crippen LogP contribution is -2.49. The van der Waals surface area contributed by atoms with Crippen molar-refractivity contribution in [3.05, 3.63) is 64.1 Å². The molecule has 0 aromatic heterocycles. The third-order valence-corrected chi connectivity index (χ3v) is 5.96. The summed E-state index contributed by atoms with van der Waals surface area (Å²) in [6.07, 6.45) is 2.04. The molecular formula is C19H22Cl2N2O3S. The molecule has 8 heteroatoms. The maximum Gasteiger partial charge on any atom is 0.243 e. The fourth-order valence-corrected chi connectivity index (χ4v) is 4.27. The van der Waals surface area contributed by atoms with Gasteiger partial charge in [-0.05, 0) is 36.6 Å². The quantitative estimate of drug-likeness (QED) is 0.692. The van der Waals surface area contributed by atoms with Gasteiger partial charge in [-0.15, -0.1) is 0 Å². The molecule has 1 atom stereocenters. The van der Waals surface area contributed by atoms with E-state index in [2.05, 4.69) is 5.32 Å². The second-order valence-electron chi connectivity index (χ2n) is 6.11. The first kappa shape index (κ1) is 21.5. The molecule has 0 fully saturated rings. The fraction of sp³-hybridized carbons (Fsp3) is 0.316. The topological polar surface area (TPSA) is 66.5 Å². The first-order valence-corrected chi connectivity index (χ1v) is 11.1. The molecular weight excluding hydrogens is 407 g/mol. The molecule has 2 aromatic rings. The molecule has 27 heavy (non-hydrogen) atoms. The highest BCUT2D eigenvalue weighted by molar-refractivity contribution is 7.92. The lowest BCUT2D eigenvalue weighted by atomic mass is 10.1. The number of anilines is 1. The van der Waals surface area contributed by atoms with Crippen LogP contribution in [0.1, 0.15) is 18.9 Å². The first-order chi connectivity index (χ1) is 12.7. The van der Waals surface area contributed by atoms with E-state index in [9.17, 15) is 13.2 Å². The SMILES string of the molecule is CCC(C(=O)NCCc1ccccc1)N(c1ccc(Cl)c(Cl)c1)S(C)(=O)=O. The number of hydrogen-bond acceptors (Lipinski definition) is 3. The summed E-state index contributed by atoms with van der Waals surface area (Å²) in [5.41, 5.74) is 1.40. The number of halogens is 2. The van der Waals surface area contributed by atoms with Gasteiger partial charge >= 0.3 is 0 Å². The van der Waals surface area contributed by atoms with Crippen molar-refractivity contribution in [3.8, 4) is 0 Å². The average Bonchev–Trinajstić information content (AvgIpc) is 2.62. The molecule has 0 spiro atoms. The standard InChI is InChI=1S/C19H22Cl2N2O3S/c1-3-18(19(24)22-12-11-14-7-5-4-6-8-14)23(27(2,25)26)15-9-10-16(20)17(21)13-15/h4-10,13,18H,3,11-12H2,1-2H3,(H,22,24). The number of benzene rings is 2. The van der Waals surface area contributed by atoms with Crippen LogP contribution in [0, 0.1) is 0 Å². The fourth-order valence-electron chi connectivity index (χ4n) is 2.77. The molecule has 0 bridgehead atoms. The van der Waals surface area contributed by atoms with E-state index in [1.165, 1.54) is 18.2 Å². The van der Waals surface area contributed by atoms with Gasteiger partial charge in [-0.25, -0.2) is 8.42 Å². The third kappa shape index (κ3) is 5.86. The Morgan fingerprint density at radius 1 is 1.11 bits per heavy atom. The van der Waals surface area contributed by atoms with Gasteiger partial charge in [0.15, 0.2) is 0 Å². The van der Waals surface area contributed by atoms with Crippen LogP contribution in [0.4, 0.5) is 5.69 Å². The Morgan fingerprint density at radius 3 is 2.33 bits per heavy atom. The first-order valence-electron chi connectivity index (χ1n) is 8.50. The van der Waals surface area contributed by atoms with Crippen LogP contribution in [0.15, 0.2) is 48.5 Å². The molecule has 1 amide bonds. The summed E-state index contributed by atoms with van der Waals surface area (Å²) in [6.45, 7) is 2.18. The van der Waals surface area contributed by atoms with Gasteiger partial charge in [-0.1, -0.05) is 60.5 Å². The van der Waals surface area contributed by atoms with E-state index in [1.54, 1.807) is 6.92 Å². The number of nitrogens with zero attached hydrogens (tertiary/aromatic N) is 1. The number of carbonyl (C=O) groups excluding carboxylic acids is 1. The predicted octanol–water partition coefficient (Wildman–Crippen LogP) is 3.90. The van der Waals surface area contributed by atoms with Crippen LogP contribution >= 0.6 is 23.2 Å². The monoisotopic (exact) mass is 428 g/mol. The van der Waals surface area contributed by atoms with Crippen LogP contribution in [0.5, 0.6) is 0 Å². The van der Waals surface area contributed by atoms with Crippen molar-refractivity contribution in [1.29, 1.82) is 0 Å². The predicted molar refractivity (Wildman–Crippen MR) is 111 cm³/mol. The maximum absolute atomic E-state index is 12.7. The number of nitrogens with one attached hydrogen (secondary N) is 1. The summed E-state index contributed by atoms with van der Waals surface area (Å²) < 4.78 is 25.9. The lowest BCUT2D eigenvalue weighted by molar-refractivity contribution is -0.122. The van der Waals surface area contributed by atoms with E-state index >= 15 is 0 Å². The molecule has 1 unspecified atom stereocenters. The molecule has 2 aromatic carbocycles. The zero-order chi connectivity index (χ0) is 20.0. The summed E-state index contributed by atoms with van der Waals surface area (Å²) >= 11 is 12.0. The molecule has 0 radical (unpaired) electrons. The average molecular weight is 429 g/mol. The molecule has 0 heterocycles. The number of hydrogen-bond donors (Lipinski definition) is 1. The Morgan fingerprint density at radius 2 is 1.78 bits per heavy atom. The summed E-state index contributed by atoms with van der Waals surface area (Å²) in [5, 5.41) is 3.36. The number of amides is 1. The number of carbonyl (C=O) groups is 1. The Bertz CT molecular complexity index is 889. The minimum absolute atomic E-state index is 0.224. The number of sulfonamides is 1. The Labute approximate surface area is 170 Å². The lowest BCUT2D eigenvalue weighted by Gasteiger charge is -2.30. The smallest absolute Gasteiger partial charge is 0.243 e. The van der Waals surface area contributed by atoms with E-state index in [0.717, 1.165) is 16.1 Å². The Balaban J connectivity index is 2.18. The van der Waals surface area contributed by atoms with E-state index < -0.39 is 16.1 Å². The molecule has 0 aliphatic carbocycles. The molecule has 0 saturated heterocycles. The van der Waals surface area contributed by atoms with Crippen LogP contribution in [-0.4, -0.2) is 33.2 Å². The summed E-state index contributed by atoms with van der Waals surface area (Å²) in [7, 11) is -3.71. The van der Waals surface area contributed by atoms with Crippen LogP contribution in [0.2, 0.25) is 10.0 Å². The minimum Gasteiger partial charge on any atom is -0.354 e. The van der Waals surface area contributed by atoms with Crippen LogP contribution in [0.25, 0.3) is 0 Å². The van der Waals surface area contributed by atoms with Gasteiger partial charge in [0.1, 0.15) is 6.04 Å². The van der Waals surface area contributed by atoms with Crippen LogP contribution in [0.3, 0.4) is 0 Å². The Hall–Kier alpha value is -1.76. The van der Waals surface area contributed by atoms with E-state index in [-0.39, 0.29) is 10.9 Å². The molecule has 1 N–H and O–H groups in total.